The molecule has 4 heteroatoms. The van der Waals surface area contributed by atoms with Crippen molar-refractivity contribution in [2.45, 2.75) is 51.0 Å². The molecule has 0 radical (unpaired) electrons. The summed E-state index contributed by atoms with van der Waals surface area (Å²) in [4.78, 5) is 0. The third-order valence-electron chi connectivity index (χ3n) is 5.24. The first-order valence-corrected chi connectivity index (χ1v) is 8.05. The molecule has 3 aliphatic rings. The second-order valence-corrected chi connectivity index (χ2v) is 7.13. The highest BCUT2D eigenvalue weighted by molar-refractivity contribution is 9.10. The van der Waals surface area contributed by atoms with Gasteiger partial charge in [-0.2, -0.15) is 5.10 Å². The van der Waals surface area contributed by atoms with Crippen LogP contribution >= 0.6 is 15.9 Å². The van der Waals surface area contributed by atoms with E-state index >= 15 is 0 Å². The summed E-state index contributed by atoms with van der Waals surface area (Å²) < 4.78 is 3.45. The van der Waals surface area contributed by atoms with Crippen molar-refractivity contribution in [3.05, 3.63) is 10.2 Å². The molecular formula is C14H20BrN3. The lowest BCUT2D eigenvalue weighted by Gasteiger charge is -2.22. The minimum Gasteiger partial charge on any atom is -0.369 e. The van der Waals surface area contributed by atoms with Crippen molar-refractivity contribution in [2.75, 3.05) is 11.9 Å². The minimum atomic E-state index is 0.532. The van der Waals surface area contributed by atoms with Crippen LogP contribution in [0, 0.1) is 11.8 Å². The van der Waals surface area contributed by atoms with E-state index in [1.165, 1.54) is 48.1 Å². The van der Waals surface area contributed by atoms with Gasteiger partial charge in [0.1, 0.15) is 5.82 Å². The second-order valence-electron chi connectivity index (χ2n) is 6.34. The Morgan fingerprint density at radius 3 is 2.83 bits per heavy atom. The van der Waals surface area contributed by atoms with E-state index in [0.717, 1.165) is 18.4 Å². The van der Waals surface area contributed by atoms with Crippen LogP contribution in [0.5, 0.6) is 0 Å². The summed E-state index contributed by atoms with van der Waals surface area (Å²) in [5.41, 5.74) is 1.33. The average Bonchev–Trinajstić information content (AvgIpc) is 3.04. The second kappa shape index (κ2) is 3.99. The lowest BCUT2D eigenvalue weighted by Crippen LogP contribution is -2.21. The Hall–Kier alpha value is -0.510. The number of halogens is 1. The van der Waals surface area contributed by atoms with Gasteiger partial charge in [0.05, 0.1) is 16.2 Å². The topological polar surface area (TPSA) is 29.9 Å². The Bertz CT molecular complexity index is 482. The zero-order chi connectivity index (χ0) is 12.3. The number of fused-ring (bicyclic) bond motifs is 3. The zero-order valence-electron chi connectivity index (χ0n) is 10.8. The molecule has 0 aromatic carbocycles. The molecule has 1 N–H and O–H groups in total. The summed E-state index contributed by atoms with van der Waals surface area (Å²) in [5, 5.41) is 8.44. The molecule has 1 aromatic heterocycles. The quantitative estimate of drug-likeness (QED) is 0.852. The SMILES string of the molecule is CC1CCNc2c(Br)c(C3CC4CCC3C4)nn21. The monoisotopic (exact) mass is 309 g/mol. The van der Waals surface area contributed by atoms with E-state index in [9.17, 15) is 0 Å². The molecule has 2 saturated carbocycles. The van der Waals surface area contributed by atoms with Crippen LogP contribution in [0.3, 0.4) is 0 Å². The minimum absolute atomic E-state index is 0.532. The van der Waals surface area contributed by atoms with Gasteiger partial charge in [-0.05, 0) is 60.4 Å². The van der Waals surface area contributed by atoms with Crippen molar-refractivity contribution >= 4 is 21.7 Å². The highest BCUT2D eigenvalue weighted by Gasteiger charge is 2.43. The van der Waals surface area contributed by atoms with E-state index in [-0.39, 0.29) is 0 Å². The van der Waals surface area contributed by atoms with Gasteiger partial charge < -0.3 is 5.32 Å². The van der Waals surface area contributed by atoms with Gasteiger partial charge in [-0.3, -0.25) is 0 Å². The summed E-state index contributed by atoms with van der Waals surface area (Å²) >= 11 is 3.80. The number of hydrogen-bond donors (Lipinski definition) is 1. The van der Waals surface area contributed by atoms with Crippen LogP contribution in [-0.2, 0) is 0 Å². The number of rotatable bonds is 1. The van der Waals surface area contributed by atoms with Gasteiger partial charge in [-0.1, -0.05) is 6.42 Å². The first kappa shape index (κ1) is 11.3. The summed E-state index contributed by atoms with van der Waals surface area (Å²) in [6.07, 6.45) is 6.88. The first-order valence-electron chi connectivity index (χ1n) is 7.26. The smallest absolute Gasteiger partial charge is 0.139 e. The fourth-order valence-corrected chi connectivity index (χ4v) is 4.94. The van der Waals surface area contributed by atoms with Crippen molar-refractivity contribution in [3.63, 3.8) is 0 Å². The molecule has 0 spiro atoms. The third kappa shape index (κ3) is 1.50. The van der Waals surface area contributed by atoms with Gasteiger partial charge >= 0.3 is 0 Å². The molecule has 2 bridgehead atoms. The largest absolute Gasteiger partial charge is 0.369 e. The lowest BCUT2D eigenvalue weighted by atomic mass is 9.86. The molecule has 18 heavy (non-hydrogen) atoms. The Morgan fingerprint density at radius 1 is 1.28 bits per heavy atom. The van der Waals surface area contributed by atoms with Gasteiger partial charge in [0.2, 0.25) is 0 Å². The van der Waals surface area contributed by atoms with E-state index in [1.54, 1.807) is 0 Å². The van der Waals surface area contributed by atoms with Crippen molar-refractivity contribution < 1.29 is 0 Å². The molecule has 4 atom stereocenters. The molecule has 0 amide bonds. The third-order valence-corrected chi connectivity index (χ3v) is 6.02. The van der Waals surface area contributed by atoms with Crippen LogP contribution < -0.4 is 5.32 Å². The maximum Gasteiger partial charge on any atom is 0.139 e. The normalized spacial score (nSPS) is 37.7. The molecule has 2 fully saturated rings. The summed E-state index contributed by atoms with van der Waals surface area (Å²) in [6, 6.07) is 0.532. The highest BCUT2D eigenvalue weighted by atomic mass is 79.9. The average molecular weight is 310 g/mol. The number of nitrogens with zero attached hydrogens (tertiary/aromatic N) is 2. The number of aromatic nitrogens is 2. The van der Waals surface area contributed by atoms with Crippen LogP contribution in [0.15, 0.2) is 4.47 Å². The Kier molecular flexibility index (Phi) is 2.51. The van der Waals surface area contributed by atoms with Gasteiger partial charge in [0, 0.05) is 12.5 Å². The van der Waals surface area contributed by atoms with E-state index in [1.807, 2.05) is 0 Å². The van der Waals surface area contributed by atoms with Crippen molar-refractivity contribution in [2.24, 2.45) is 11.8 Å². The van der Waals surface area contributed by atoms with E-state index in [0.29, 0.717) is 12.0 Å². The number of hydrogen-bond acceptors (Lipinski definition) is 2. The molecule has 4 rings (SSSR count). The van der Waals surface area contributed by atoms with Crippen LogP contribution in [-0.4, -0.2) is 16.3 Å². The van der Waals surface area contributed by atoms with Gasteiger partial charge in [0.15, 0.2) is 0 Å². The van der Waals surface area contributed by atoms with Crippen molar-refractivity contribution in [3.8, 4) is 0 Å². The molecule has 4 unspecified atom stereocenters. The molecule has 98 valence electrons. The van der Waals surface area contributed by atoms with Gasteiger partial charge in [0.25, 0.3) is 0 Å². The molecule has 2 aliphatic carbocycles. The predicted octanol–water partition coefficient (Wildman–Crippen LogP) is 3.93. The number of nitrogens with one attached hydrogen (secondary N) is 1. The van der Waals surface area contributed by atoms with Gasteiger partial charge in [-0.25, -0.2) is 4.68 Å². The van der Waals surface area contributed by atoms with Crippen molar-refractivity contribution in [1.82, 2.24) is 9.78 Å². The Balaban J connectivity index is 1.73. The van der Waals surface area contributed by atoms with E-state index in [4.69, 9.17) is 5.10 Å². The molecule has 2 heterocycles. The summed E-state index contributed by atoms with van der Waals surface area (Å²) in [6.45, 7) is 3.34. The van der Waals surface area contributed by atoms with Crippen LogP contribution in [0.25, 0.3) is 0 Å². The number of anilines is 1. The summed E-state index contributed by atoms with van der Waals surface area (Å²) in [7, 11) is 0. The molecular weight excluding hydrogens is 290 g/mol. The fourth-order valence-electron chi connectivity index (χ4n) is 4.25. The van der Waals surface area contributed by atoms with Crippen molar-refractivity contribution in [1.29, 1.82) is 0 Å². The maximum atomic E-state index is 4.94. The van der Waals surface area contributed by atoms with Gasteiger partial charge in [-0.15, -0.1) is 0 Å². The zero-order valence-corrected chi connectivity index (χ0v) is 12.4. The van der Waals surface area contributed by atoms with Crippen LogP contribution in [0.4, 0.5) is 5.82 Å². The van der Waals surface area contributed by atoms with E-state index < -0.39 is 0 Å². The van der Waals surface area contributed by atoms with E-state index in [2.05, 4.69) is 32.9 Å². The standard InChI is InChI=1S/C14H20BrN3/c1-8-4-5-16-14-12(15)13(17-18(8)14)11-7-9-2-3-10(11)6-9/h8-11,16H,2-7H2,1H3. The Labute approximate surface area is 116 Å². The predicted molar refractivity (Wildman–Crippen MR) is 75.9 cm³/mol. The Morgan fingerprint density at radius 2 is 2.17 bits per heavy atom. The fraction of sp³-hybridized carbons (Fsp3) is 0.786. The first-order chi connectivity index (χ1) is 8.74. The molecule has 1 aromatic rings. The lowest BCUT2D eigenvalue weighted by molar-refractivity contribution is 0.397. The molecule has 1 aliphatic heterocycles. The van der Waals surface area contributed by atoms with Crippen LogP contribution in [0.2, 0.25) is 0 Å². The molecule has 3 nitrogen and oxygen atoms in total. The van der Waals surface area contributed by atoms with Crippen LogP contribution in [0.1, 0.15) is 56.7 Å². The highest BCUT2D eigenvalue weighted by Crippen LogP contribution is 2.54. The summed E-state index contributed by atoms with van der Waals surface area (Å²) in [5.74, 6) is 3.81. The molecule has 0 saturated heterocycles. The maximum absolute atomic E-state index is 4.94.